The van der Waals surface area contributed by atoms with E-state index < -0.39 is 12.2 Å². The van der Waals surface area contributed by atoms with Gasteiger partial charge in [0.05, 0.1) is 24.4 Å². The van der Waals surface area contributed by atoms with Crippen molar-refractivity contribution in [2.75, 3.05) is 0 Å². The van der Waals surface area contributed by atoms with Crippen LogP contribution in [0, 0.1) is 0 Å². The molecule has 4 heteroatoms. The maximum atomic E-state index is 9.07. The molecule has 0 fully saturated rings. The lowest BCUT2D eigenvalue weighted by molar-refractivity contribution is 0.0124. The molecule has 0 aliphatic carbocycles. The van der Waals surface area contributed by atoms with Crippen LogP contribution in [0.3, 0.4) is 0 Å². The lowest BCUT2D eigenvalue weighted by Gasteiger charge is -2.14. The Bertz CT molecular complexity index is 156. The van der Waals surface area contributed by atoms with Gasteiger partial charge in [-0.2, -0.15) is 0 Å². The molecule has 0 heterocycles. The fraction of sp³-hybridized carbons (Fsp3) is 1.00. The van der Waals surface area contributed by atoms with Gasteiger partial charge in [-0.05, 0) is 32.1 Å². The molecule has 0 aromatic carbocycles. The molecule has 0 rings (SSSR count). The minimum atomic E-state index is -0.523. The van der Waals surface area contributed by atoms with Crippen LogP contribution in [0.15, 0.2) is 0 Å². The molecule has 0 aromatic rings. The van der Waals surface area contributed by atoms with Crippen LogP contribution >= 0.6 is 0 Å². The maximum Gasteiger partial charge on any atom is 0.0798 e. The molecule has 0 aliphatic heterocycles. The van der Waals surface area contributed by atoms with Crippen LogP contribution < -0.4 is 0 Å². The van der Waals surface area contributed by atoms with E-state index in [1.165, 1.54) is 0 Å². The van der Waals surface area contributed by atoms with Crippen molar-refractivity contribution in [3.8, 4) is 0 Å². The number of aliphatic hydroxyl groups is 4. The fourth-order valence-electron chi connectivity index (χ4n) is 1.41. The quantitative estimate of drug-likeness (QED) is 0.539. The molecule has 4 atom stereocenters. The smallest absolute Gasteiger partial charge is 0.0798 e. The first kappa shape index (κ1) is 20.2. The zero-order valence-electron chi connectivity index (χ0n) is 12.3. The van der Waals surface area contributed by atoms with Gasteiger partial charge in [0.15, 0.2) is 0 Å². The van der Waals surface area contributed by atoms with Crippen molar-refractivity contribution in [2.45, 2.75) is 90.6 Å². The van der Waals surface area contributed by atoms with E-state index in [9.17, 15) is 0 Å². The Morgan fingerprint density at radius 2 is 1.11 bits per heavy atom. The molecule has 0 saturated heterocycles. The fourth-order valence-corrected chi connectivity index (χ4v) is 1.41. The van der Waals surface area contributed by atoms with Gasteiger partial charge in [0, 0.05) is 0 Å². The summed E-state index contributed by atoms with van der Waals surface area (Å²) in [5, 5.41) is 36.1. The zero-order chi connectivity index (χ0) is 14.6. The number of hydrogen-bond donors (Lipinski definition) is 4. The molecule has 112 valence electrons. The van der Waals surface area contributed by atoms with Gasteiger partial charge in [-0.15, -0.1) is 0 Å². The molecule has 0 bridgehead atoms. The molecule has 0 aliphatic rings. The Labute approximate surface area is 112 Å². The first-order chi connectivity index (χ1) is 8.42. The predicted molar refractivity (Wildman–Crippen MR) is 74.4 cm³/mol. The van der Waals surface area contributed by atoms with Crippen molar-refractivity contribution in [2.24, 2.45) is 0 Å². The van der Waals surface area contributed by atoms with E-state index in [0.29, 0.717) is 19.3 Å². The molecular weight excluding hydrogens is 232 g/mol. The van der Waals surface area contributed by atoms with E-state index in [0.717, 1.165) is 19.3 Å². The maximum absolute atomic E-state index is 9.07. The van der Waals surface area contributed by atoms with Crippen LogP contribution in [0.2, 0.25) is 0 Å². The van der Waals surface area contributed by atoms with Crippen LogP contribution in [0.1, 0.15) is 66.2 Å². The van der Waals surface area contributed by atoms with Crippen LogP contribution in [0.25, 0.3) is 0 Å². The summed E-state index contributed by atoms with van der Waals surface area (Å²) in [6.45, 7) is 7.68. The molecule has 0 aromatic heterocycles. The molecule has 0 spiro atoms. The third kappa shape index (κ3) is 12.3. The Morgan fingerprint density at radius 1 is 0.667 bits per heavy atom. The second kappa shape index (κ2) is 13.3. The summed E-state index contributed by atoms with van der Waals surface area (Å²) in [4.78, 5) is 0. The molecule has 4 N–H and O–H groups in total. The van der Waals surface area contributed by atoms with Crippen LogP contribution in [-0.4, -0.2) is 44.8 Å². The van der Waals surface area contributed by atoms with Gasteiger partial charge >= 0.3 is 0 Å². The highest BCUT2D eigenvalue weighted by atomic mass is 16.3. The Kier molecular flexibility index (Phi) is 14.9. The average Bonchev–Trinajstić information content (AvgIpc) is 2.38. The Hall–Kier alpha value is -0.160. The van der Waals surface area contributed by atoms with E-state index in [1.54, 1.807) is 0 Å². The van der Waals surface area contributed by atoms with Gasteiger partial charge in [0.1, 0.15) is 0 Å². The summed E-state index contributed by atoms with van der Waals surface area (Å²) in [7, 11) is 0. The second-order valence-corrected chi connectivity index (χ2v) is 4.69. The van der Waals surface area contributed by atoms with Gasteiger partial charge in [-0.3, -0.25) is 0 Å². The summed E-state index contributed by atoms with van der Waals surface area (Å²) >= 11 is 0. The lowest BCUT2D eigenvalue weighted by atomic mass is 10.1. The van der Waals surface area contributed by atoms with Gasteiger partial charge < -0.3 is 20.4 Å². The topological polar surface area (TPSA) is 80.9 Å². The normalized spacial score (nSPS) is 17.3. The highest BCUT2D eigenvalue weighted by Gasteiger charge is 2.11. The van der Waals surface area contributed by atoms with Crippen molar-refractivity contribution in [1.82, 2.24) is 0 Å². The third-order valence-corrected chi connectivity index (χ3v) is 2.93. The second-order valence-electron chi connectivity index (χ2n) is 4.69. The monoisotopic (exact) mass is 264 g/mol. The van der Waals surface area contributed by atoms with E-state index in [1.807, 2.05) is 27.7 Å². The van der Waals surface area contributed by atoms with Gasteiger partial charge in [-0.1, -0.05) is 34.1 Å². The van der Waals surface area contributed by atoms with Crippen LogP contribution in [0.5, 0.6) is 0 Å². The van der Waals surface area contributed by atoms with E-state index in [2.05, 4.69) is 0 Å². The Morgan fingerprint density at radius 3 is 1.39 bits per heavy atom. The SMILES string of the molecule is CCC(O)CC(O)CC.CCCC(O)C(O)CC. The van der Waals surface area contributed by atoms with Crippen molar-refractivity contribution in [1.29, 1.82) is 0 Å². The third-order valence-electron chi connectivity index (χ3n) is 2.93. The number of hydrogen-bond acceptors (Lipinski definition) is 4. The highest BCUT2D eigenvalue weighted by molar-refractivity contribution is 4.63. The summed E-state index contributed by atoms with van der Waals surface area (Å²) in [6.07, 6.45) is 2.58. The minimum absolute atomic E-state index is 0.319. The predicted octanol–water partition coefficient (Wildman–Crippen LogP) is 1.84. The molecular formula is C14H32O4. The van der Waals surface area contributed by atoms with E-state index in [-0.39, 0.29) is 12.2 Å². The first-order valence-electron chi connectivity index (χ1n) is 7.14. The Balaban J connectivity index is 0. The highest BCUT2D eigenvalue weighted by Crippen LogP contribution is 2.04. The molecule has 0 saturated carbocycles. The summed E-state index contributed by atoms with van der Waals surface area (Å²) in [5.41, 5.74) is 0. The minimum Gasteiger partial charge on any atom is -0.393 e. The molecule has 18 heavy (non-hydrogen) atoms. The molecule has 4 unspecified atom stereocenters. The van der Waals surface area contributed by atoms with Crippen molar-refractivity contribution in [3.63, 3.8) is 0 Å². The van der Waals surface area contributed by atoms with Crippen molar-refractivity contribution in [3.05, 3.63) is 0 Å². The van der Waals surface area contributed by atoms with Crippen molar-refractivity contribution < 1.29 is 20.4 Å². The van der Waals surface area contributed by atoms with Gasteiger partial charge in [0.25, 0.3) is 0 Å². The van der Waals surface area contributed by atoms with Gasteiger partial charge in [0.2, 0.25) is 0 Å². The summed E-state index contributed by atoms with van der Waals surface area (Å²) in [5.74, 6) is 0. The van der Waals surface area contributed by atoms with E-state index in [4.69, 9.17) is 20.4 Å². The van der Waals surface area contributed by atoms with Crippen molar-refractivity contribution >= 4 is 0 Å². The molecule has 0 amide bonds. The largest absolute Gasteiger partial charge is 0.393 e. The molecule has 0 radical (unpaired) electrons. The standard InChI is InChI=1S/2C7H16O2/c1-3-6(8)5-7(9)4-2;1-3-5-7(9)6(8)4-2/h2*6-9H,3-5H2,1-2H3. The average molecular weight is 264 g/mol. The summed E-state index contributed by atoms with van der Waals surface area (Å²) in [6, 6.07) is 0. The summed E-state index contributed by atoms with van der Waals surface area (Å²) < 4.78 is 0. The zero-order valence-corrected chi connectivity index (χ0v) is 12.3. The van der Waals surface area contributed by atoms with Crippen LogP contribution in [-0.2, 0) is 0 Å². The lowest BCUT2D eigenvalue weighted by Crippen LogP contribution is -2.24. The van der Waals surface area contributed by atoms with Crippen LogP contribution in [0.4, 0.5) is 0 Å². The number of aliphatic hydroxyl groups excluding tert-OH is 4. The van der Waals surface area contributed by atoms with E-state index >= 15 is 0 Å². The van der Waals surface area contributed by atoms with Gasteiger partial charge in [-0.25, -0.2) is 0 Å². The number of rotatable bonds is 8. The first-order valence-corrected chi connectivity index (χ1v) is 7.14. The molecule has 4 nitrogen and oxygen atoms in total.